The predicted molar refractivity (Wildman–Crippen MR) is 111 cm³/mol. The maximum Gasteiger partial charge on any atom is 0.454 e. The fraction of sp³-hybridized carbons (Fsp3) is 0.150. The van der Waals surface area contributed by atoms with Gasteiger partial charge < -0.3 is 15.8 Å². The number of nitrogens with one attached hydrogen (secondary N) is 1. The molecule has 0 saturated heterocycles. The number of Topliss-reactive ketones (excluding diaryl/α,β-unsaturated/α-hetero) is 1. The van der Waals surface area contributed by atoms with E-state index in [0.29, 0.717) is 35.1 Å². The molecule has 3 rings (SSSR count). The highest BCUT2D eigenvalue weighted by molar-refractivity contribution is 9.10. The summed E-state index contributed by atoms with van der Waals surface area (Å²) < 4.78 is 44.1. The van der Waals surface area contributed by atoms with Crippen molar-refractivity contribution in [1.82, 2.24) is 9.97 Å². The number of nitrogens with two attached hydrogens (primary N) is 1. The molecule has 0 unspecified atom stereocenters. The summed E-state index contributed by atoms with van der Waals surface area (Å²) >= 11 is 3.41. The molecule has 2 aromatic carbocycles. The first-order chi connectivity index (χ1) is 14.2. The molecular formula is C20H16BrF3N4O2. The number of anilines is 3. The summed E-state index contributed by atoms with van der Waals surface area (Å²) in [6.07, 6.45) is -4.92. The zero-order valence-electron chi connectivity index (χ0n) is 15.6. The molecule has 0 saturated carbocycles. The smallest absolute Gasteiger partial charge is 0.454 e. The van der Waals surface area contributed by atoms with Gasteiger partial charge in [0.05, 0.1) is 12.3 Å². The van der Waals surface area contributed by atoms with Crippen molar-refractivity contribution in [2.45, 2.75) is 13.1 Å². The van der Waals surface area contributed by atoms with E-state index in [0.717, 1.165) is 16.6 Å². The number of benzene rings is 2. The molecule has 0 amide bonds. The molecule has 0 bridgehead atoms. The number of alkyl halides is 3. The fourth-order valence-corrected chi connectivity index (χ4v) is 3.03. The van der Waals surface area contributed by atoms with Crippen LogP contribution in [-0.4, -0.2) is 28.5 Å². The van der Waals surface area contributed by atoms with Crippen molar-refractivity contribution >= 4 is 39.2 Å². The van der Waals surface area contributed by atoms with E-state index >= 15 is 0 Å². The molecule has 3 aromatic rings. The number of nitrogens with zero attached hydrogens (tertiary/aromatic N) is 2. The Kier molecular flexibility index (Phi) is 6.25. The molecule has 0 spiro atoms. The third kappa shape index (κ3) is 5.07. The van der Waals surface area contributed by atoms with Gasteiger partial charge in [0.25, 0.3) is 5.78 Å². The van der Waals surface area contributed by atoms with Gasteiger partial charge in [-0.1, -0.05) is 15.9 Å². The third-order valence-electron chi connectivity index (χ3n) is 3.94. The lowest BCUT2D eigenvalue weighted by Crippen LogP contribution is -2.22. The first kappa shape index (κ1) is 21.6. The van der Waals surface area contributed by atoms with Crippen molar-refractivity contribution in [2.75, 3.05) is 17.7 Å². The van der Waals surface area contributed by atoms with E-state index in [4.69, 9.17) is 10.5 Å². The van der Waals surface area contributed by atoms with Gasteiger partial charge in [-0.25, -0.2) is 4.98 Å². The SMILES string of the molecule is CCOc1ccc(Br)cc1-c1cc(Nc2ccc(C(=O)C(F)(F)F)cc2)nc(N)n1. The zero-order chi connectivity index (χ0) is 21.9. The van der Waals surface area contributed by atoms with Crippen LogP contribution in [0.1, 0.15) is 17.3 Å². The lowest BCUT2D eigenvalue weighted by Gasteiger charge is -2.13. The number of rotatable bonds is 6. The quantitative estimate of drug-likeness (QED) is 0.460. The average Bonchev–Trinajstić information content (AvgIpc) is 2.68. The number of hydrogen-bond acceptors (Lipinski definition) is 6. The van der Waals surface area contributed by atoms with Crippen LogP contribution in [0.25, 0.3) is 11.3 Å². The van der Waals surface area contributed by atoms with Crippen LogP contribution in [0.3, 0.4) is 0 Å². The Labute approximate surface area is 178 Å². The Bertz CT molecular complexity index is 1070. The summed E-state index contributed by atoms with van der Waals surface area (Å²) in [7, 11) is 0. The van der Waals surface area contributed by atoms with Gasteiger partial charge in [-0.2, -0.15) is 18.2 Å². The van der Waals surface area contributed by atoms with Gasteiger partial charge in [0.2, 0.25) is 5.95 Å². The second kappa shape index (κ2) is 8.70. The number of carbonyl (C=O) groups is 1. The minimum absolute atomic E-state index is 0.00120. The highest BCUT2D eigenvalue weighted by Gasteiger charge is 2.39. The van der Waals surface area contributed by atoms with Gasteiger partial charge in [-0.15, -0.1) is 0 Å². The Morgan fingerprint density at radius 3 is 2.47 bits per heavy atom. The van der Waals surface area contributed by atoms with Crippen molar-refractivity contribution in [2.24, 2.45) is 0 Å². The normalized spacial score (nSPS) is 11.2. The van der Waals surface area contributed by atoms with Crippen molar-refractivity contribution in [1.29, 1.82) is 0 Å². The Morgan fingerprint density at radius 1 is 1.13 bits per heavy atom. The van der Waals surface area contributed by atoms with Gasteiger partial charge in [0, 0.05) is 27.4 Å². The lowest BCUT2D eigenvalue weighted by atomic mass is 10.1. The van der Waals surface area contributed by atoms with E-state index in [-0.39, 0.29) is 5.95 Å². The average molecular weight is 481 g/mol. The molecule has 6 nitrogen and oxygen atoms in total. The molecule has 0 fully saturated rings. The van der Waals surface area contributed by atoms with Crippen LogP contribution in [0.5, 0.6) is 5.75 Å². The molecule has 1 heterocycles. The first-order valence-electron chi connectivity index (χ1n) is 8.73. The van der Waals surface area contributed by atoms with Crippen LogP contribution in [0.4, 0.5) is 30.6 Å². The standard InChI is InChI=1S/C20H16BrF3N4O2/c1-2-30-16-8-5-12(21)9-14(16)15-10-17(28-19(25)27-15)26-13-6-3-11(4-7-13)18(29)20(22,23)24/h3-10H,2H2,1H3,(H3,25,26,27,28). The minimum Gasteiger partial charge on any atom is -0.493 e. The molecule has 30 heavy (non-hydrogen) atoms. The largest absolute Gasteiger partial charge is 0.493 e. The Morgan fingerprint density at radius 2 is 1.83 bits per heavy atom. The van der Waals surface area contributed by atoms with E-state index in [1.54, 1.807) is 12.1 Å². The van der Waals surface area contributed by atoms with Gasteiger partial charge in [0.1, 0.15) is 11.6 Å². The second-order valence-corrected chi connectivity index (χ2v) is 7.02. The molecule has 3 N–H and O–H groups in total. The number of aromatic nitrogens is 2. The van der Waals surface area contributed by atoms with Crippen LogP contribution in [-0.2, 0) is 0 Å². The maximum atomic E-state index is 12.5. The predicted octanol–water partition coefficient (Wildman–Crippen LogP) is 5.38. The second-order valence-electron chi connectivity index (χ2n) is 6.10. The molecule has 1 aromatic heterocycles. The molecule has 0 atom stereocenters. The maximum absolute atomic E-state index is 12.5. The number of halogens is 4. The van der Waals surface area contributed by atoms with E-state index in [2.05, 4.69) is 31.2 Å². The van der Waals surface area contributed by atoms with Crippen LogP contribution >= 0.6 is 15.9 Å². The number of hydrogen-bond donors (Lipinski definition) is 2. The third-order valence-corrected chi connectivity index (χ3v) is 4.43. The first-order valence-corrected chi connectivity index (χ1v) is 9.52. The molecule has 0 aliphatic heterocycles. The Hall–Kier alpha value is -3.14. The monoisotopic (exact) mass is 480 g/mol. The number of nitrogen functional groups attached to an aromatic ring is 1. The van der Waals surface area contributed by atoms with E-state index in [9.17, 15) is 18.0 Å². The number of carbonyl (C=O) groups excluding carboxylic acids is 1. The fourth-order valence-electron chi connectivity index (χ4n) is 2.67. The van der Waals surface area contributed by atoms with Crippen molar-refractivity contribution in [3.8, 4) is 17.0 Å². The zero-order valence-corrected chi connectivity index (χ0v) is 17.2. The van der Waals surface area contributed by atoms with Crippen LogP contribution in [0, 0.1) is 0 Å². The van der Waals surface area contributed by atoms with Gasteiger partial charge >= 0.3 is 6.18 Å². The van der Waals surface area contributed by atoms with Gasteiger partial charge in [0.15, 0.2) is 0 Å². The number of ether oxygens (including phenoxy) is 1. The summed E-state index contributed by atoms with van der Waals surface area (Å²) in [5.74, 6) is -0.961. The van der Waals surface area contributed by atoms with Crippen molar-refractivity contribution in [3.63, 3.8) is 0 Å². The van der Waals surface area contributed by atoms with Crippen LogP contribution in [0.2, 0.25) is 0 Å². The van der Waals surface area contributed by atoms with E-state index in [1.165, 1.54) is 12.1 Å². The molecule has 156 valence electrons. The summed E-state index contributed by atoms with van der Waals surface area (Å²) in [6, 6.07) is 12.0. The summed E-state index contributed by atoms with van der Waals surface area (Å²) in [6.45, 7) is 2.32. The summed E-state index contributed by atoms with van der Waals surface area (Å²) in [5.41, 5.74) is 7.00. The number of ketones is 1. The van der Waals surface area contributed by atoms with E-state index in [1.807, 2.05) is 19.1 Å². The highest BCUT2D eigenvalue weighted by Crippen LogP contribution is 2.33. The molecule has 0 radical (unpaired) electrons. The lowest BCUT2D eigenvalue weighted by molar-refractivity contribution is -0.0885. The van der Waals surface area contributed by atoms with Gasteiger partial charge in [-0.05, 0) is 49.4 Å². The molecular weight excluding hydrogens is 465 g/mol. The minimum atomic E-state index is -4.92. The van der Waals surface area contributed by atoms with Crippen LogP contribution < -0.4 is 15.8 Å². The van der Waals surface area contributed by atoms with Crippen LogP contribution in [0.15, 0.2) is 53.0 Å². The molecule has 0 aliphatic rings. The molecule has 0 aliphatic carbocycles. The molecule has 10 heteroatoms. The topological polar surface area (TPSA) is 90.1 Å². The van der Waals surface area contributed by atoms with E-state index < -0.39 is 17.5 Å². The summed E-state index contributed by atoms with van der Waals surface area (Å²) in [4.78, 5) is 19.7. The van der Waals surface area contributed by atoms with Crippen molar-refractivity contribution < 1.29 is 22.7 Å². The summed E-state index contributed by atoms with van der Waals surface area (Å²) in [5, 5.41) is 2.95. The highest BCUT2D eigenvalue weighted by atomic mass is 79.9. The van der Waals surface area contributed by atoms with Crippen molar-refractivity contribution in [3.05, 3.63) is 58.6 Å². The van der Waals surface area contributed by atoms with Gasteiger partial charge in [-0.3, -0.25) is 4.79 Å². The Balaban J connectivity index is 1.90.